The lowest BCUT2D eigenvalue weighted by atomic mass is 9.76. The van der Waals surface area contributed by atoms with E-state index >= 15 is 0 Å². The van der Waals surface area contributed by atoms with Gasteiger partial charge in [-0.2, -0.15) is 0 Å². The SMILES string of the molecule is O=C(O)c1cccc2c1N[C@H](c1ccccc1F)[C@@H]1C[C@H](Sc3ccccc3[N+](=O)[O-])[C@@H](Cl)[C@@H]21. The lowest BCUT2D eigenvalue weighted by Gasteiger charge is -2.39. The first kappa shape index (κ1) is 22.7. The summed E-state index contributed by atoms with van der Waals surface area (Å²) in [5, 5.41) is 24.0. The highest BCUT2D eigenvalue weighted by Crippen LogP contribution is 2.58. The smallest absolute Gasteiger partial charge is 0.337 e. The van der Waals surface area contributed by atoms with E-state index in [9.17, 15) is 24.4 Å². The van der Waals surface area contributed by atoms with Crippen LogP contribution in [-0.2, 0) is 0 Å². The number of benzene rings is 3. The van der Waals surface area contributed by atoms with Gasteiger partial charge in [0.2, 0.25) is 0 Å². The zero-order valence-electron chi connectivity index (χ0n) is 17.7. The number of carboxylic acids is 1. The molecule has 6 nitrogen and oxygen atoms in total. The molecule has 5 atom stereocenters. The third-order valence-electron chi connectivity index (χ3n) is 6.66. The van der Waals surface area contributed by atoms with E-state index in [0.717, 1.165) is 5.56 Å². The van der Waals surface area contributed by atoms with Crippen molar-refractivity contribution in [2.75, 3.05) is 5.32 Å². The number of nitro benzene ring substituents is 1. The molecule has 34 heavy (non-hydrogen) atoms. The van der Waals surface area contributed by atoms with Gasteiger partial charge in [-0.05, 0) is 36.1 Å². The van der Waals surface area contributed by atoms with Gasteiger partial charge in [0.05, 0.1) is 32.5 Å². The topological polar surface area (TPSA) is 92.5 Å². The van der Waals surface area contributed by atoms with Crippen molar-refractivity contribution in [2.24, 2.45) is 5.92 Å². The molecule has 174 valence electrons. The van der Waals surface area contributed by atoms with Gasteiger partial charge in [0.25, 0.3) is 5.69 Å². The normalized spacial score (nSPS) is 25.2. The molecule has 9 heteroatoms. The van der Waals surface area contributed by atoms with E-state index in [1.807, 2.05) is 6.07 Å². The van der Waals surface area contributed by atoms with E-state index in [1.54, 1.807) is 42.5 Å². The Balaban J connectivity index is 1.59. The maximum Gasteiger partial charge on any atom is 0.337 e. The zero-order valence-corrected chi connectivity index (χ0v) is 19.3. The van der Waals surface area contributed by atoms with Gasteiger partial charge in [-0.1, -0.05) is 42.5 Å². The number of carboxylic acid groups (broad SMARTS) is 1. The van der Waals surface area contributed by atoms with Gasteiger partial charge in [0.15, 0.2) is 0 Å². The predicted octanol–water partition coefficient (Wildman–Crippen LogP) is 6.47. The molecule has 3 aromatic carbocycles. The summed E-state index contributed by atoms with van der Waals surface area (Å²) in [6.45, 7) is 0. The van der Waals surface area contributed by atoms with Gasteiger partial charge in [0.1, 0.15) is 5.82 Å². The number of nitrogens with zero attached hydrogens (tertiary/aromatic N) is 1. The number of para-hydroxylation sites is 2. The number of carbonyl (C=O) groups is 1. The zero-order chi connectivity index (χ0) is 24.0. The monoisotopic (exact) mass is 498 g/mol. The van der Waals surface area contributed by atoms with Crippen molar-refractivity contribution in [1.82, 2.24) is 0 Å². The molecule has 1 aliphatic heterocycles. The predicted molar refractivity (Wildman–Crippen MR) is 129 cm³/mol. The molecule has 0 saturated heterocycles. The van der Waals surface area contributed by atoms with Crippen molar-refractivity contribution in [3.05, 3.63) is 99.4 Å². The lowest BCUT2D eigenvalue weighted by Crippen LogP contribution is -2.32. The Labute approximate surface area is 204 Å². The molecule has 0 aromatic heterocycles. The van der Waals surface area contributed by atoms with Crippen LogP contribution < -0.4 is 5.32 Å². The van der Waals surface area contributed by atoms with Gasteiger partial charge in [-0.25, -0.2) is 9.18 Å². The summed E-state index contributed by atoms with van der Waals surface area (Å²) in [5.74, 6) is -1.83. The van der Waals surface area contributed by atoms with E-state index in [2.05, 4.69) is 5.32 Å². The second kappa shape index (κ2) is 8.92. The summed E-state index contributed by atoms with van der Waals surface area (Å²) >= 11 is 8.38. The van der Waals surface area contributed by atoms with Crippen molar-refractivity contribution in [3.63, 3.8) is 0 Å². The second-order valence-corrected chi connectivity index (χ2v) is 10.3. The number of nitrogens with one attached hydrogen (secondary N) is 1. The molecule has 0 bridgehead atoms. The second-order valence-electron chi connectivity index (χ2n) is 8.47. The number of nitro groups is 1. The number of aromatic carboxylic acids is 1. The Morgan fingerprint density at radius 2 is 1.79 bits per heavy atom. The molecule has 1 fully saturated rings. The minimum Gasteiger partial charge on any atom is -0.478 e. The molecule has 2 N–H and O–H groups in total. The van der Waals surface area contributed by atoms with Gasteiger partial charge >= 0.3 is 5.97 Å². The number of rotatable bonds is 5. The van der Waals surface area contributed by atoms with Crippen molar-refractivity contribution in [1.29, 1.82) is 0 Å². The molecular formula is C25H20ClFN2O4S. The van der Waals surface area contributed by atoms with Gasteiger partial charge in [-0.3, -0.25) is 10.1 Å². The Hall–Kier alpha value is -3.10. The van der Waals surface area contributed by atoms with Crippen molar-refractivity contribution in [3.8, 4) is 0 Å². The van der Waals surface area contributed by atoms with Gasteiger partial charge in [-0.15, -0.1) is 23.4 Å². The van der Waals surface area contributed by atoms with Crippen LogP contribution in [0.3, 0.4) is 0 Å². The maximum atomic E-state index is 14.9. The van der Waals surface area contributed by atoms with E-state index in [0.29, 0.717) is 22.6 Å². The first-order valence-corrected chi connectivity index (χ1v) is 12.1. The number of hydrogen-bond acceptors (Lipinski definition) is 5. The van der Waals surface area contributed by atoms with E-state index in [1.165, 1.54) is 30.0 Å². The molecule has 2 aliphatic rings. The molecule has 1 saturated carbocycles. The molecule has 0 amide bonds. The number of hydrogen-bond donors (Lipinski definition) is 2. The number of halogens is 2. The minimum atomic E-state index is -1.08. The van der Waals surface area contributed by atoms with Gasteiger partial charge in [0, 0.05) is 22.8 Å². The molecule has 0 unspecified atom stereocenters. The first-order chi connectivity index (χ1) is 16.4. The number of alkyl halides is 1. The Kier molecular flexibility index (Phi) is 5.95. The fourth-order valence-electron chi connectivity index (χ4n) is 5.23. The van der Waals surface area contributed by atoms with Crippen LogP contribution in [0.1, 0.15) is 39.9 Å². The largest absolute Gasteiger partial charge is 0.478 e. The maximum absolute atomic E-state index is 14.9. The molecule has 0 radical (unpaired) electrons. The Morgan fingerprint density at radius 1 is 1.09 bits per heavy atom. The lowest BCUT2D eigenvalue weighted by molar-refractivity contribution is -0.387. The first-order valence-electron chi connectivity index (χ1n) is 10.8. The average Bonchev–Trinajstić information content (AvgIpc) is 3.15. The van der Waals surface area contributed by atoms with Crippen LogP contribution in [0.4, 0.5) is 15.8 Å². The van der Waals surface area contributed by atoms with Crippen LogP contribution in [0.5, 0.6) is 0 Å². The summed E-state index contributed by atoms with van der Waals surface area (Å²) in [4.78, 5) is 23.6. The molecule has 1 heterocycles. The van der Waals surface area contributed by atoms with Crippen LogP contribution in [0.2, 0.25) is 0 Å². The van der Waals surface area contributed by atoms with Crippen molar-refractivity contribution in [2.45, 2.75) is 33.9 Å². The molecule has 1 aliphatic carbocycles. The van der Waals surface area contributed by atoms with Gasteiger partial charge < -0.3 is 10.4 Å². The quantitative estimate of drug-likeness (QED) is 0.238. The molecule has 3 aromatic rings. The van der Waals surface area contributed by atoms with Crippen LogP contribution in [0.25, 0.3) is 0 Å². The Bertz CT molecular complexity index is 1290. The summed E-state index contributed by atoms with van der Waals surface area (Å²) < 4.78 is 14.9. The number of thioether (sulfide) groups is 1. The average molecular weight is 499 g/mol. The molecular weight excluding hydrogens is 479 g/mol. The standard InChI is InChI=1S/C25H20ClFN2O4S/c26-22-20(34-19-11-4-3-10-18(19)29(32)33)12-16-21(22)14-7-5-8-15(25(30)31)24(14)28-23(16)13-6-1-2-9-17(13)27/h1-11,16,20-23,28H,12H2,(H,30,31)/t16-,20+,21+,22-,23-/m1/s1. The summed E-state index contributed by atoms with van der Waals surface area (Å²) in [7, 11) is 0. The highest BCUT2D eigenvalue weighted by molar-refractivity contribution is 8.00. The van der Waals surface area contributed by atoms with E-state index < -0.39 is 22.3 Å². The fourth-order valence-corrected chi connectivity index (χ4v) is 7.17. The third kappa shape index (κ3) is 3.80. The van der Waals surface area contributed by atoms with Crippen molar-refractivity contribution >= 4 is 40.7 Å². The minimum absolute atomic E-state index is 0.0172. The van der Waals surface area contributed by atoms with Crippen molar-refractivity contribution < 1.29 is 19.2 Å². The van der Waals surface area contributed by atoms with Crippen LogP contribution >= 0.6 is 23.4 Å². The van der Waals surface area contributed by atoms with E-state index in [4.69, 9.17) is 11.6 Å². The number of fused-ring (bicyclic) bond motifs is 3. The van der Waals surface area contributed by atoms with Crippen LogP contribution in [-0.4, -0.2) is 26.6 Å². The number of anilines is 1. The summed E-state index contributed by atoms with van der Waals surface area (Å²) in [6, 6.07) is 17.6. The van der Waals surface area contributed by atoms with Crippen LogP contribution in [0.15, 0.2) is 71.6 Å². The highest BCUT2D eigenvalue weighted by Gasteiger charge is 2.51. The van der Waals surface area contributed by atoms with Crippen LogP contribution in [0, 0.1) is 21.8 Å². The Morgan fingerprint density at radius 3 is 2.53 bits per heavy atom. The fraction of sp³-hybridized carbons (Fsp3) is 0.240. The summed E-state index contributed by atoms with van der Waals surface area (Å²) in [6.07, 6.45) is 0.582. The molecule has 5 rings (SSSR count). The van der Waals surface area contributed by atoms with E-state index in [-0.39, 0.29) is 34.2 Å². The highest BCUT2D eigenvalue weighted by atomic mass is 35.5. The third-order valence-corrected chi connectivity index (χ3v) is 8.77. The molecule has 0 spiro atoms. The summed E-state index contributed by atoms with van der Waals surface area (Å²) in [5.41, 5.74) is 1.80.